The maximum Gasteiger partial charge on any atom is 0.245 e. The Hall–Kier alpha value is -2.02. The number of nitrogens with zero attached hydrogens (tertiary/aromatic N) is 4. The number of nitrogens with two attached hydrogens (primary N) is 1. The minimum Gasteiger partial charge on any atom is -0.368 e. The quantitative estimate of drug-likeness (QED) is 0.851. The molecule has 1 atom stereocenters. The fourth-order valence-electron chi connectivity index (χ4n) is 2.79. The first-order valence-corrected chi connectivity index (χ1v) is 8.81. The lowest BCUT2D eigenvalue weighted by atomic mass is 10.2. The van der Waals surface area contributed by atoms with Gasteiger partial charge in [0.1, 0.15) is 6.04 Å². The van der Waals surface area contributed by atoms with Gasteiger partial charge < -0.3 is 10.6 Å². The minimum absolute atomic E-state index is 0.0931. The first kappa shape index (κ1) is 15.9. The first-order valence-electron chi connectivity index (χ1n) is 7.82. The molecule has 0 bridgehead atoms. The summed E-state index contributed by atoms with van der Waals surface area (Å²) in [6.07, 6.45) is 2.15. The monoisotopic (exact) mass is 331 g/mol. The Labute approximate surface area is 140 Å². The van der Waals surface area contributed by atoms with E-state index in [9.17, 15) is 4.79 Å². The van der Waals surface area contributed by atoms with Crippen molar-refractivity contribution in [2.45, 2.75) is 36.7 Å². The zero-order chi connectivity index (χ0) is 16.2. The van der Waals surface area contributed by atoms with Gasteiger partial charge in [0.05, 0.1) is 0 Å². The molecule has 2 heterocycles. The number of aromatic nitrogens is 3. The van der Waals surface area contributed by atoms with E-state index >= 15 is 0 Å². The van der Waals surface area contributed by atoms with Gasteiger partial charge in [-0.1, -0.05) is 42.1 Å². The largest absolute Gasteiger partial charge is 0.368 e. The summed E-state index contributed by atoms with van der Waals surface area (Å²) in [6.45, 7) is 3.53. The summed E-state index contributed by atoms with van der Waals surface area (Å²) in [6, 6.07) is 9.77. The maximum atomic E-state index is 12.6. The van der Waals surface area contributed by atoms with Gasteiger partial charge in [-0.05, 0) is 25.3 Å². The number of carbonyl (C=O) groups is 1. The van der Waals surface area contributed by atoms with Crippen LogP contribution < -0.4 is 5.73 Å². The second kappa shape index (κ2) is 7.04. The Morgan fingerprint density at radius 2 is 1.96 bits per heavy atom. The summed E-state index contributed by atoms with van der Waals surface area (Å²) >= 11 is 1.55. The molecule has 7 heteroatoms. The third kappa shape index (κ3) is 3.50. The van der Waals surface area contributed by atoms with Crippen LogP contribution in [0.3, 0.4) is 0 Å². The zero-order valence-corrected chi connectivity index (χ0v) is 14.0. The van der Waals surface area contributed by atoms with Gasteiger partial charge in [0.25, 0.3) is 0 Å². The normalized spacial score (nSPS) is 15.8. The average Bonchev–Trinajstić information content (AvgIpc) is 3.22. The van der Waals surface area contributed by atoms with E-state index in [0.717, 1.165) is 31.7 Å². The van der Waals surface area contributed by atoms with Crippen LogP contribution in [-0.2, 0) is 10.5 Å². The van der Waals surface area contributed by atoms with E-state index in [4.69, 9.17) is 5.73 Å². The summed E-state index contributed by atoms with van der Waals surface area (Å²) in [5.74, 6) is 1.15. The molecule has 1 aliphatic rings. The van der Waals surface area contributed by atoms with Crippen LogP contribution in [0.25, 0.3) is 0 Å². The number of anilines is 1. The summed E-state index contributed by atoms with van der Waals surface area (Å²) in [4.78, 5) is 14.5. The van der Waals surface area contributed by atoms with Crippen LogP contribution in [0.2, 0.25) is 0 Å². The van der Waals surface area contributed by atoms with Crippen molar-refractivity contribution in [3.8, 4) is 0 Å². The molecule has 1 saturated heterocycles. The molecule has 122 valence electrons. The lowest BCUT2D eigenvalue weighted by Crippen LogP contribution is -2.34. The molecular formula is C16H21N5OS. The second-order valence-electron chi connectivity index (χ2n) is 5.69. The van der Waals surface area contributed by atoms with Gasteiger partial charge in [-0.25, -0.2) is 0 Å². The summed E-state index contributed by atoms with van der Waals surface area (Å²) in [5, 5.41) is 8.79. The van der Waals surface area contributed by atoms with E-state index in [1.54, 1.807) is 16.3 Å². The van der Waals surface area contributed by atoms with Gasteiger partial charge in [0, 0.05) is 18.8 Å². The van der Waals surface area contributed by atoms with Crippen molar-refractivity contribution in [1.82, 2.24) is 19.7 Å². The second-order valence-corrected chi connectivity index (χ2v) is 6.64. The SMILES string of the molecule is C[C@@H](C(=O)N1CCCC1)n1c(N)nnc1SCc1ccccc1. The molecule has 1 fully saturated rings. The molecule has 0 radical (unpaired) electrons. The topological polar surface area (TPSA) is 77.0 Å². The Morgan fingerprint density at radius 1 is 1.26 bits per heavy atom. The Kier molecular flexibility index (Phi) is 4.85. The number of amides is 1. The molecular weight excluding hydrogens is 310 g/mol. The molecule has 1 aliphatic heterocycles. The highest BCUT2D eigenvalue weighted by atomic mass is 32.2. The van der Waals surface area contributed by atoms with E-state index in [2.05, 4.69) is 22.3 Å². The first-order chi connectivity index (χ1) is 11.2. The molecule has 1 aromatic heterocycles. The minimum atomic E-state index is -0.374. The number of benzene rings is 1. The lowest BCUT2D eigenvalue weighted by molar-refractivity contribution is -0.133. The van der Waals surface area contributed by atoms with E-state index in [1.165, 1.54) is 5.56 Å². The predicted molar refractivity (Wildman–Crippen MR) is 91.0 cm³/mol. The molecule has 2 N–H and O–H groups in total. The fraction of sp³-hybridized carbons (Fsp3) is 0.438. The van der Waals surface area contributed by atoms with Crippen LogP contribution in [-0.4, -0.2) is 38.7 Å². The van der Waals surface area contributed by atoms with Crippen molar-refractivity contribution in [3.05, 3.63) is 35.9 Å². The van der Waals surface area contributed by atoms with Crippen LogP contribution in [0.1, 0.15) is 31.4 Å². The van der Waals surface area contributed by atoms with Crippen molar-refractivity contribution in [2.75, 3.05) is 18.8 Å². The number of thioether (sulfide) groups is 1. The highest BCUT2D eigenvalue weighted by Gasteiger charge is 2.27. The van der Waals surface area contributed by atoms with Gasteiger partial charge in [-0.15, -0.1) is 10.2 Å². The molecule has 23 heavy (non-hydrogen) atoms. The van der Waals surface area contributed by atoms with Gasteiger partial charge in [0.15, 0.2) is 5.16 Å². The van der Waals surface area contributed by atoms with Crippen LogP contribution in [0.5, 0.6) is 0 Å². The smallest absolute Gasteiger partial charge is 0.245 e. The van der Waals surface area contributed by atoms with Crippen molar-refractivity contribution in [2.24, 2.45) is 0 Å². The third-order valence-corrected chi connectivity index (χ3v) is 5.08. The number of nitrogen functional groups attached to an aromatic ring is 1. The molecule has 3 rings (SSSR count). The van der Waals surface area contributed by atoms with Crippen LogP contribution in [0, 0.1) is 0 Å². The van der Waals surface area contributed by atoms with Crippen molar-refractivity contribution >= 4 is 23.6 Å². The fourth-order valence-corrected chi connectivity index (χ4v) is 3.76. The number of likely N-dealkylation sites (tertiary alicyclic amines) is 1. The highest BCUT2D eigenvalue weighted by Crippen LogP contribution is 2.27. The average molecular weight is 331 g/mol. The Balaban J connectivity index is 1.74. The number of carbonyl (C=O) groups excluding carboxylic acids is 1. The van der Waals surface area contributed by atoms with Gasteiger partial charge >= 0.3 is 0 Å². The van der Waals surface area contributed by atoms with Crippen LogP contribution in [0.15, 0.2) is 35.5 Å². The lowest BCUT2D eigenvalue weighted by Gasteiger charge is -2.22. The molecule has 0 unspecified atom stereocenters. The van der Waals surface area contributed by atoms with Crippen LogP contribution in [0.4, 0.5) is 5.95 Å². The Morgan fingerprint density at radius 3 is 2.65 bits per heavy atom. The third-order valence-electron chi connectivity index (χ3n) is 4.06. The zero-order valence-electron chi connectivity index (χ0n) is 13.2. The highest BCUT2D eigenvalue weighted by molar-refractivity contribution is 7.98. The van der Waals surface area contributed by atoms with Crippen LogP contribution >= 0.6 is 11.8 Å². The molecule has 1 aromatic carbocycles. The standard InChI is InChI=1S/C16H21N5OS/c1-12(14(22)20-9-5-6-10-20)21-15(17)18-19-16(21)23-11-13-7-3-2-4-8-13/h2-4,7-8,12H,5-6,9-11H2,1H3,(H2,17,18)/t12-/m0/s1. The van der Waals surface area contributed by atoms with Crippen molar-refractivity contribution < 1.29 is 4.79 Å². The van der Waals surface area contributed by atoms with Gasteiger partial charge in [-0.3, -0.25) is 9.36 Å². The summed E-state index contributed by atoms with van der Waals surface area (Å²) in [7, 11) is 0. The molecule has 0 aliphatic carbocycles. The van der Waals surface area contributed by atoms with E-state index in [-0.39, 0.29) is 11.9 Å². The van der Waals surface area contributed by atoms with E-state index in [1.807, 2.05) is 30.0 Å². The van der Waals surface area contributed by atoms with Gasteiger partial charge in [-0.2, -0.15) is 0 Å². The molecule has 0 spiro atoms. The number of hydrogen-bond donors (Lipinski definition) is 1. The van der Waals surface area contributed by atoms with E-state index < -0.39 is 0 Å². The Bertz CT molecular complexity index is 666. The van der Waals surface area contributed by atoms with Crippen molar-refractivity contribution in [3.63, 3.8) is 0 Å². The van der Waals surface area contributed by atoms with Gasteiger partial charge in [0.2, 0.25) is 11.9 Å². The number of rotatable bonds is 5. The van der Waals surface area contributed by atoms with Crippen molar-refractivity contribution in [1.29, 1.82) is 0 Å². The molecule has 6 nitrogen and oxygen atoms in total. The molecule has 2 aromatic rings. The number of hydrogen-bond acceptors (Lipinski definition) is 5. The summed E-state index contributed by atoms with van der Waals surface area (Å²) in [5.41, 5.74) is 7.15. The summed E-state index contributed by atoms with van der Waals surface area (Å²) < 4.78 is 1.74. The predicted octanol–water partition coefficient (Wildman–Crippen LogP) is 2.34. The molecule has 1 amide bonds. The maximum absolute atomic E-state index is 12.6. The molecule has 0 saturated carbocycles. The van der Waals surface area contributed by atoms with E-state index in [0.29, 0.717) is 11.1 Å².